The molecular weight excluding hydrogens is 387 g/mol. The summed E-state index contributed by atoms with van der Waals surface area (Å²) >= 11 is 0. The van der Waals surface area contributed by atoms with Crippen molar-refractivity contribution in [1.82, 2.24) is 5.32 Å². The number of nitrogens with one attached hydrogen (secondary N) is 1. The van der Waals surface area contributed by atoms with Crippen LogP contribution in [0.25, 0.3) is 0 Å². The predicted octanol–water partition coefficient (Wildman–Crippen LogP) is 4.42. The Labute approximate surface area is 164 Å². The van der Waals surface area contributed by atoms with E-state index in [4.69, 9.17) is 0 Å². The van der Waals surface area contributed by atoms with Gasteiger partial charge in [-0.1, -0.05) is 39.9 Å². The highest BCUT2D eigenvalue weighted by atomic mass is 28.3. The van der Waals surface area contributed by atoms with Crippen molar-refractivity contribution in [1.29, 1.82) is 0 Å². The minimum atomic E-state index is -4.56. The van der Waals surface area contributed by atoms with Crippen LogP contribution in [0.15, 0.2) is 24.3 Å². The van der Waals surface area contributed by atoms with E-state index in [-0.39, 0.29) is 17.0 Å². The number of halogens is 3. The molecule has 1 atom stereocenters. The molecular formula is C20H26F3NO3Si. The highest BCUT2D eigenvalue weighted by Gasteiger charge is 2.34. The van der Waals surface area contributed by atoms with Crippen LogP contribution in [0.3, 0.4) is 0 Å². The summed E-state index contributed by atoms with van der Waals surface area (Å²) in [5.74, 6) is 1.46. The van der Waals surface area contributed by atoms with E-state index < -0.39 is 37.7 Å². The maximum absolute atomic E-state index is 12.8. The van der Waals surface area contributed by atoms with Crippen LogP contribution in [-0.4, -0.2) is 33.1 Å². The molecule has 8 heteroatoms. The van der Waals surface area contributed by atoms with Crippen LogP contribution in [0, 0.1) is 11.5 Å². The Kier molecular flexibility index (Phi) is 7.49. The number of benzene rings is 1. The lowest BCUT2D eigenvalue weighted by molar-refractivity contribution is -0.142. The predicted molar refractivity (Wildman–Crippen MR) is 104 cm³/mol. The normalized spacial score (nSPS) is 13.2. The van der Waals surface area contributed by atoms with Gasteiger partial charge in [0, 0.05) is 12.0 Å². The standard InChI is InChI=1S/C20H26F3NO3Si/c1-19(2,3)28(5,6)12-8-11-16(18(26)27-4)24-17(25)14-9-7-10-15(13-14)20(21,22)23/h7,9-10,13,16H,11H2,1-6H3,(H,24,25)/t16-/m1/s1. The molecule has 154 valence electrons. The van der Waals surface area contributed by atoms with Gasteiger partial charge >= 0.3 is 12.1 Å². The second-order valence-corrected chi connectivity index (χ2v) is 13.0. The molecule has 0 saturated heterocycles. The fourth-order valence-corrected chi connectivity index (χ4v) is 2.89. The number of hydrogen-bond donors (Lipinski definition) is 1. The molecule has 4 nitrogen and oxygen atoms in total. The lowest BCUT2D eigenvalue weighted by atomic mass is 10.1. The van der Waals surface area contributed by atoms with Gasteiger partial charge in [0.15, 0.2) is 0 Å². The van der Waals surface area contributed by atoms with Crippen molar-refractivity contribution in [3.8, 4) is 11.5 Å². The number of alkyl halides is 3. The first kappa shape index (κ1) is 23.8. The summed E-state index contributed by atoms with van der Waals surface area (Å²) in [7, 11) is -0.726. The minimum Gasteiger partial charge on any atom is -0.467 e. The van der Waals surface area contributed by atoms with Crippen molar-refractivity contribution in [3.63, 3.8) is 0 Å². The molecule has 1 amide bonds. The minimum absolute atomic E-state index is 0.0177. The largest absolute Gasteiger partial charge is 0.467 e. The number of esters is 1. The number of rotatable bonds is 4. The Hall–Kier alpha value is -2.27. The second-order valence-electron chi connectivity index (χ2n) is 8.01. The molecule has 0 spiro atoms. The van der Waals surface area contributed by atoms with E-state index in [2.05, 4.69) is 55.4 Å². The topological polar surface area (TPSA) is 55.4 Å². The monoisotopic (exact) mass is 413 g/mol. The maximum atomic E-state index is 12.8. The molecule has 1 aromatic carbocycles. The van der Waals surface area contributed by atoms with Gasteiger partial charge in [-0.05, 0) is 23.2 Å². The van der Waals surface area contributed by atoms with Crippen LogP contribution in [0.1, 0.15) is 43.1 Å². The molecule has 0 aliphatic carbocycles. The SMILES string of the molecule is COC(=O)[C@@H](CC#C[Si](C)(C)C(C)(C)C)NC(=O)c1cccc(C(F)(F)F)c1. The quantitative estimate of drug-likeness (QED) is 0.452. The zero-order valence-corrected chi connectivity index (χ0v) is 18.0. The molecule has 0 bridgehead atoms. The fraction of sp³-hybridized carbons (Fsp3) is 0.500. The van der Waals surface area contributed by atoms with Crippen molar-refractivity contribution in [2.75, 3.05) is 7.11 Å². The van der Waals surface area contributed by atoms with Crippen LogP contribution >= 0.6 is 0 Å². The van der Waals surface area contributed by atoms with Crippen molar-refractivity contribution >= 4 is 20.0 Å². The van der Waals surface area contributed by atoms with Gasteiger partial charge < -0.3 is 10.1 Å². The van der Waals surface area contributed by atoms with E-state index in [9.17, 15) is 22.8 Å². The van der Waals surface area contributed by atoms with Gasteiger partial charge in [0.1, 0.15) is 14.1 Å². The first-order chi connectivity index (χ1) is 12.7. The molecule has 1 aromatic rings. The molecule has 0 unspecified atom stereocenters. The highest BCUT2D eigenvalue weighted by molar-refractivity contribution is 6.87. The molecule has 0 aliphatic heterocycles. The third kappa shape index (κ3) is 6.41. The summed E-state index contributed by atoms with van der Waals surface area (Å²) in [6, 6.07) is 2.94. The van der Waals surface area contributed by atoms with Crippen LogP contribution in [0.2, 0.25) is 18.1 Å². The third-order valence-corrected chi connectivity index (χ3v) is 9.38. The molecule has 0 radical (unpaired) electrons. The summed E-state index contributed by atoms with van der Waals surface area (Å²) in [5.41, 5.74) is 2.10. The Morgan fingerprint density at radius 3 is 2.32 bits per heavy atom. The summed E-state index contributed by atoms with van der Waals surface area (Å²) in [6.45, 7) is 10.5. The fourth-order valence-electron chi connectivity index (χ4n) is 1.98. The lowest BCUT2D eigenvalue weighted by Gasteiger charge is -2.31. The maximum Gasteiger partial charge on any atom is 0.416 e. The summed E-state index contributed by atoms with van der Waals surface area (Å²) in [4.78, 5) is 24.3. The first-order valence-corrected chi connectivity index (χ1v) is 11.7. The van der Waals surface area contributed by atoms with Crippen molar-refractivity contribution in [3.05, 3.63) is 35.4 Å². The highest BCUT2D eigenvalue weighted by Crippen LogP contribution is 2.35. The molecule has 28 heavy (non-hydrogen) atoms. The van der Waals surface area contributed by atoms with Crippen molar-refractivity contribution in [2.24, 2.45) is 0 Å². The molecule has 0 aliphatic rings. The zero-order chi connectivity index (χ0) is 21.8. The van der Waals surface area contributed by atoms with E-state index >= 15 is 0 Å². The van der Waals surface area contributed by atoms with E-state index in [0.29, 0.717) is 0 Å². The number of hydrogen-bond acceptors (Lipinski definition) is 3. The lowest BCUT2D eigenvalue weighted by Crippen LogP contribution is -2.41. The van der Waals surface area contributed by atoms with Gasteiger partial charge in [0.25, 0.3) is 5.91 Å². The number of amides is 1. The van der Waals surface area contributed by atoms with Gasteiger partial charge in [0.2, 0.25) is 0 Å². The summed E-state index contributed by atoms with van der Waals surface area (Å²) < 4.78 is 43.2. The van der Waals surface area contributed by atoms with Gasteiger partial charge in [-0.25, -0.2) is 4.79 Å². The van der Waals surface area contributed by atoms with Crippen LogP contribution in [-0.2, 0) is 15.7 Å². The average molecular weight is 414 g/mol. The summed E-state index contributed by atoms with van der Waals surface area (Å²) in [5, 5.41) is 2.45. The van der Waals surface area contributed by atoms with Gasteiger partial charge in [-0.15, -0.1) is 11.5 Å². The number of methoxy groups -OCH3 is 1. The molecule has 1 rings (SSSR count). The van der Waals surface area contributed by atoms with Crippen LogP contribution in [0.4, 0.5) is 13.2 Å². The number of ether oxygens (including phenoxy) is 1. The van der Waals surface area contributed by atoms with Gasteiger partial charge in [-0.2, -0.15) is 13.2 Å². The smallest absolute Gasteiger partial charge is 0.416 e. The average Bonchev–Trinajstić information content (AvgIpc) is 2.58. The van der Waals surface area contributed by atoms with E-state index in [1.165, 1.54) is 13.2 Å². The third-order valence-electron chi connectivity index (χ3n) is 4.83. The second kappa shape index (κ2) is 8.82. The Bertz CT molecular complexity index is 786. The number of carbonyl (C=O) groups is 2. The van der Waals surface area contributed by atoms with Crippen molar-refractivity contribution in [2.45, 2.75) is 57.5 Å². The molecule has 0 aromatic heterocycles. The molecule has 0 saturated carbocycles. The van der Waals surface area contributed by atoms with Crippen LogP contribution in [0.5, 0.6) is 0 Å². The Morgan fingerprint density at radius 1 is 1.21 bits per heavy atom. The van der Waals surface area contributed by atoms with E-state index in [1.807, 2.05) is 0 Å². The van der Waals surface area contributed by atoms with Crippen molar-refractivity contribution < 1.29 is 27.5 Å². The van der Waals surface area contributed by atoms with Crippen LogP contribution < -0.4 is 5.32 Å². The number of carbonyl (C=O) groups excluding carboxylic acids is 2. The molecule has 1 N–H and O–H groups in total. The Morgan fingerprint density at radius 2 is 1.82 bits per heavy atom. The van der Waals surface area contributed by atoms with E-state index in [0.717, 1.165) is 18.2 Å². The zero-order valence-electron chi connectivity index (χ0n) is 17.0. The Balaban J connectivity index is 3.00. The van der Waals surface area contributed by atoms with E-state index in [1.54, 1.807) is 0 Å². The molecule has 0 heterocycles. The van der Waals surface area contributed by atoms with Gasteiger partial charge in [0.05, 0.1) is 12.7 Å². The molecule has 0 fully saturated rings. The first-order valence-electron chi connectivity index (χ1n) is 8.75. The summed E-state index contributed by atoms with van der Waals surface area (Å²) in [6.07, 6.45) is -4.55. The van der Waals surface area contributed by atoms with Gasteiger partial charge in [-0.3, -0.25) is 4.79 Å².